The zero-order chi connectivity index (χ0) is 19.5. The summed E-state index contributed by atoms with van der Waals surface area (Å²) < 4.78 is 1.92. The van der Waals surface area contributed by atoms with E-state index in [0.717, 1.165) is 39.0 Å². The van der Waals surface area contributed by atoms with Crippen LogP contribution in [0.25, 0.3) is 28.4 Å². The van der Waals surface area contributed by atoms with Crippen LogP contribution in [0.4, 0.5) is 0 Å². The monoisotopic (exact) mass is 373 g/mol. The lowest BCUT2D eigenvalue weighted by Gasteiger charge is -2.14. The first-order chi connectivity index (χ1) is 14.4. The molecule has 0 N–H and O–H groups in total. The highest BCUT2D eigenvalue weighted by molar-refractivity contribution is 5.94. The minimum atomic E-state index is 0.885. The number of hydrogen-bond acceptors (Lipinski definition) is 2. The van der Waals surface area contributed by atoms with E-state index in [1.807, 2.05) is 41.1 Å². The molecule has 0 spiro atoms. The second kappa shape index (κ2) is 7.56. The fraction of sp³-hybridized carbons (Fsp3) is 0. The summed E-state index contributed by atoms with van der Waals surface area (Å²) in [4.78, 5) is 0. The smallest absolute Gasteiger partial charge is 0.113 e. The Morgan fingerprint density at radius 3 is 2.14 bits per heavy atom. The fourth-order valence-electron chi connectivity index (χ4n) is 3.58. The zero-order valence-corrected chi connectivity index (χ0v) is 15.8. The lowest BCUT2D eigenvalue weighted by Crippen LogP contribution is -2.02. The van der Waals surface area contributed by atoms with E-state index in [2.05, 4.69) is 89.2 Å². The van der Waals surface area contributed by atoms with Crippen LogP contribution in [0.15, 0.2) is 109 Å². The van der Waals surface area contributed by atoms with Crippen LogP contribution in [-0.2, 0) is 0 Å². The Kier molecular flexibility index (Phi) is 4.47. The molecule has 4 aromatic carbocycles. The van der Waals surface area contributed by atoms with Gasteiger partial charge in [0.05, 0.1) is 11.2 Å². The van der Waals surface area contributed by atoms with Crippen LogP contribution in [-0.4, -0.2) is 15.0 Å². The molecule has 0 saturated carbocycles. The standard InChI is InChI=1S/C26H19N3/c1-3-11-20(12-4-1)19-23(21-13-5-2-6-14-21)22-15-7-9-17-25(22)29-26-18-10-8-16-24(26)27-28-29/h1-19H/b23-19+. The van der Waals surface area contributed by atoms with E-state index in [-0.39, 0.29) is 0 Å². The molecule has 0 atom stereocenters. The van der Waals surface area contributed by atoms with E-state index in [0.29, 0.717) is 0 Å². The summed E-state index contributed by atoms with van der Waals surface area (Å²) in [5, 5.41) is 8.79. The molecular weight excluding hydrogens is 354 g/mol. The first kappa shape index (κ1) is 17.1. The maximum absolute atomic E-state index is 4.45. The SMILES string of the molecule is C(=C(/c1ccccc1)c1ccccc1-n1nnc2ccccc21)/c1ccccc1. The van der Waals surface area contributed by atoms with E-state index in [1.54, 1.807) is 0 Å². The summed E-state index contributed by atoms with van der Waals surface area (Å²) in [7, 11) is 0. The molecule has 0 unspecified atom stereocenters. The summed E-state index contributed by atoms with van der Waals surface area (Å²) >= 11 is 0. The van der Waals surface area contributed by atoms with Crippen LogP contribution < -0.4 is 0 Å². The molecule has 1 heterocycles. The summed E-state index contributed by atoms with van der Waals surface area (Å²) in [5.74, 6) is 0. The van der Waals surface area contributed by atoms with Gasteiger partial charge in [-0.15, -0.1) is 5.10 Å². The second-order valence-electron chi connectivity index (χ2n) is 6.84. The van der Waals surface area contributed by atoms with Crippen LogP contribution >= 0.6 is 0 Å². The number of aromatic nitrogens is 3. The number of nitrogens with zero attached hydrogens (tertiary/aromatic N) is 3. The van der Waals surface area contributed by atoms with E-state index in [9.17, 15) is 0 Å². The van der Waals surface area contributed by atoms with Crippen molar-refractivity contribution in [2.75, 3.05) is 0 Å². The first-order valence-corrected chi connectivity index (χ1v) is 9.62. The van der Waals surface area contributed by atoms with Crippen molar-refractivity contribution in [3.05, 3.63) is 126 Å². The highest BCUT2D eigenvalue weighted by Crippen LogP contribution is 2.31. The van der Waals surface area contributed by atoms with Gasteiger partial charge in [0.25, 0.3) is 0 Å². The Labute approximate surface area is 169 Å². The van der Waals surface area contributed by atoms with Gasteiger partial charge in [-0.2, -0.15) is 0 Å². The summed E-state index contributed by atoms with van der Waals surface area (Å²) in [6, 6.07) is 37.3. The van der Waals surface area contributed by atoms with Crippen molar-refractivity contribution in [2.24, 2.45) is 0 Å². The average Bonchev–Trinajstić information content (AvgIpc) is 3.23. The number of rotatable bonds is 4. The Bertz CT molecular complexity index is 1290. The molecule has 0 fully saturated rings. The molecule has 138 valence electrons. The number of benzene rings is 4. The second-order valence-corrected chi connectivity index (χ2v) is 6.84. The third kappa shape index (κ3) is 3.34. The molecule has 0 aliphatic carbocycles. The van der Waals surface area contributed by atoms with E-state index >= 15 is 0 Å². The quantitative estimate of drug-likeness (QED) is 0.361. The highest BCUT2D eigenvalue weighted by Gasteiger charge is 2.14. The maximum Gasteiger partial charge on any atom is 0.113 e. The third-order valence-corrected chi connectivity index (χ3v) is 4.97. The van der Waals surface area contributed by atoms with E-state index in [1.165, 1.54) is 0 Å². The van der Waals surface area contributed by atoms with Gasteiger partial charge in [-0.1, -0.05) is 96.2 Å². The minimum absolute atomic E-state index is 0.885. The predicted octanol–water partition coefficient (Wildman–Crippen LogP) is 6.01. The fourth-order valence-corrected chi connectivity index (χ4v) is 3.58. The molecule has 0 aliphatic rings. The molecule has 0 bridgehead atoms. The van der Waals surface area contributed by atoms with Crippen LogP contribution in [0.1, 0.15) is 16.7 Å². The Hall–Kier alpha value is -3.98. The van der Waals surface area contributed by atoms with Gasteiger partial charge in [0.15, 0.2) is 0 Å². The largest absolute Gasteiger partial charge is 0.212 e. The van der Waals surface area contributed by atoms with Crippen LogP contribution in [0, 0.1) is 0 Å². The van der Waals surface area contributed by atoms with Gasteiger partial charge in [0.1, 0.15) is 5.52 Å². The van der Waals surface area contributed by atoms with Crippen molar-refractivity contribution in [3.63, 3.8) is 0 Å². The van der Waals surface area contributed by atoms with Crippen LogP contribution in [0.2, 0.25) is 0 Å². The molecule has 0 saturated heterocycles. The topological polar surface area (TPSA) is 30.7 Å². The van der Waals surface area contributed by atoms with Crippen molar-refractivity contribution in [3.8, 4) is 5.69 Å². The molecule has 1 aromatic heterocycles. The lowest BCUT2D eigenvalue weighted by molar-refractivity contribution is 0.822. The van der Waals surface area contributed by atoms with Gasteiger partial charge in [-0.25, -0.2) is 4.68 Å². The molecule has 0 amide bonds. The number of hydrogen-bond donors (Lipinski definition) is 0. The van der Waals surface area contributed by atoms with Gasteiger partial charge in [-0.05, 0) is 41.0 Å². The van der Waals surface area contributed by atoms with E-state index < -0.39 is 0 Å². The van der Waals surface area contributed by atoms with Gasteiger partial charge >= 0.3 is 0 Å². The van der Waals surface area contributed by atoms with Crippen molar-refractivity contribution in [1.82, 2.24) is 15.0 Å². The molecule has 3 nitrogen and oxygen atoms in total. The van der Waals surface area contributed by atoms with Gasteiger partial charge in [0.2, 0.25) is 0 Å². The summed E-state index contributed by atoms with van der Waals surface area (Å²) in [6.07, 6.45) is 2.23. The van der Waals surface area contributed by atoms with Gasteiger partial charge < -0.3 is 0 Å². The highest BCUT2D eigenvalue weighted by atomic mass is 15.4. The average molecular weight is 373 g/mol. The third-order valence-electron chi connectivity index (χ3n) is 4.97. The normalized spacial score (nSPS) is 11.7. The van der Waals surface area contributed by atoms with Crippen LogP contribution in [0.3, 0.4) is 0 Å². The van der Waals surface area contributed by atoms with Crippen molar-refractivity contribution in [2.45, 2.75) is 0 Å². The number of fused-ring (bicyclic) bond motifs is 1. The van der Waals surface area contributed by atoms with Crippen LogP contribution in [0.5, 0.6) is 0 Å². The molecule has 3 heteroatoms. The van der Waals surface area contributed by atoms with E-state index in [4.69, 9.17) is 0 Å². The molecule has 0 radical (unpaired) electrons. The zero-order valence-electron chi connectivity index (χ0n) is 15.8. The predicted molar refractivity (Wildman–Crippen MR) is 119 cm³/mol. The summed E-state index contributed by atoms with van der Waals surface area (Å²) in [6.45, 7) is 0. The van der Waals surface area contributed by atoms with Gasteiger partial charge in [-0.3, -0.25) is 0 Å². The molecule has 5 aromatic rings. The Balaban J connectivity index is 1.75. The van der Waals surface area contributed by atoms with Crippen molar-refractivity contribution >= 4 is 22.7 Å². The Morgan fingerprint density at radius 2 is 1.31 bits per heavy atom. The molecular formula is C26H19N3. The first-order valence-electron chi connectivity index (χ1n) is 9.62. The van der Waals surface area contributed by atoms with Crippen molar-refractivity contribution < 1.29 is 0 Å². The molecule has 0 aliphatic heterocycles. The molecule has 5 rings (SSSR count). The van der Waals surface area contributed by atoms with Gasteiger partial charge in [0, 0.05) is 5.56 Å². The van der Waals surface area contributed by atoms with Crippen molar-refractivity contribution in [1.29, 1.82) is 0 Å². The summed E-state index contributed by atoms with van der Waals surface area (Å²) in [5.41, 5.74) is 7.46. The number of para-hydroxylation sites is 2. The maximum atomic E-state index is 4.45. The lowest BCUT2D eigenvalue weighted by atomic mass is 9.94. The Morgan fingerprint density at radius 1 is 0.655 bits per heavy atom. The molecule has 29 heavy (non-hydrogen) atoms. The minimum Gasteiger partial charge on any atom is -0.212 e.